The molecule has 1 aromatic carbocycles. The molecule has 1 amide bonds. The number of halogens is 3. The van der Waals surface area contributed by atoms with E-state index in [-0.39, 0.29) is 6.10 Å². The van der Waals surface area contributed by atoms with E-state index in [0.717, 1.165) is 12.3 Å². The van der Waals surface area contributed by atoms with Gasteiger partial charge in [0.15, 0.2) is 0 Å². The molecule has 0 aliphatic carbocycles. The van der Waals surface area contributed by atoms with Crippen molar-refractivity contribution in [1.29, 1.82) is 0 Å². The highest BCUT2D eigenvalue weighted by Gasteiger charge is 2.31. The molecule has 2 aromatic rings. The van der Waals surface area contributed by atoms with Crippen LogP contribution >= 0.6 is 0 Å². The van der Waals surface area contributed by atoms with Crippen LogP contribution in [0.15, 0.2) is 42.6 Å². The van der Waals surface area contributed by atoms with Gasteiger partial charge in [-0.3, -0.25) is 4.79 Å². The van der Waals surface area contributed by atoms with Crippen LogP contribution in [0, 0.1) is 0 Å². The van der Waals surface area contributed by atoms with Crippen molar-refractivity contribution in [2.45, 2.75) is 18.7 Å². The van der Waals surface area contributed by atoms with E-state index in [0.29, 0.717) is 36.6 Å². The van der Waals surface area contributed by atoms with E-state index in [1.807, 2.05) is 4.90 Å². The molecule has 5 nitrogen and oxygen atoms in total. The predicted octanol–water partition coefficient (Wildman–Crippen LogP) is 2.86. The minimum atomic E-state index is -4.40. The molecule has 2 heterocycles. The zero-order valence-corrected chi connectivity index (χ0v) is 13.2. The second kappa shape index (κ2) is 6.62. The molecule has 3 rings (SSSR count). The molecule has 0 spiro atoms. The maximum atomic E-state index is 12.6. The molecule has 0 radical (unpaired) electrons. The molecule has 1 aliphatic heterocycles. The van der Waals surface area contributed by atoms with Crippen molar-refractivity contribution in [2.24, 2.45) is 5.73 Å². The number of alkyl halides is 3. The maximum Gasteiger partial charge on any atom is 0.417 e. The minimum absolute atomic E-state index is 0.204. The van der Waals surface area contributed by atoms with Crippen LogP contribution in [0.5, 0.6) is 5.75 Å². The Bertz CT molecular complexity index is 762. The monoisotopic (exact) mass is 351 g/mol. The topological polar surface area (TPSA) is 68.5 Å². The number of anilines is 1. The van der Waals surface area contributed by atoms with Crippen LogP contribution in [-0.4, -0.2) is 30.1 Å². The van der Waals surface area contributed by atoms with Crippen molar-refractivity contribution in [3.63, 3.8) is 0 Å². The van der Waals surface area contributed by atoms with Gasteiger partial charge in [0.05, 0.1) is 17.7 Å². The van der Waals surface area contributed by atoms with E-state index in [4.69, 9.17) is 10.5 Å². The van der Waals surface area contributed by atoms with Crippen molar-refractivity contribution >= 4 is 11.7 Å². The molecule has 0 bridgehead atoms. The third-order valence-corrected chi connectivity index (χ3v) is 3.99. The number of hydrogen-bond donors (Lipinski definition) is 1. The second-order valence-corrected chi connectivity index (χ2v) is 5.74. The molecule has 8 heteroatoms. The summed E-state index contributed by atoms with van der Waals surface area (Å²) >= 11 is 0. The largest absolute Gasteiger partial charge is 0.488 e. The molecular formula is C17H16F3N3O2. The van der Waals surface area contributed by atoms with E-state index >= 15 is 0 Å². The summed E-state index contributed by atoms with van der Waals surface area (Å²) < 4.78 is 43.6. The Kier molecular flexibility index (Phi) is 4.52. The van der Waals surface area contributed by atoms with Gasteiger partial charge < -0.3 is 15.4 Å². The molecule has 0 unspecified atom stereocenters. The summed E-state index contributed by atoms with van der Waals surface area (Å²) in [5.41, 5.74) is 4.85. The summed E-state index contributed by atoms with van der Waals surface area (Å²) in [6, 6.07) is 9.05. The number of carbonyl (C=O) groups is 1. The van der Waals surface area contributed by atoms with Gasteiger partial charge in [0, 0.05) is 19.2 Å². The predicted molar refractivity (Wildman–Crippen MR) is 85.4 cm³/mol. The van der Waals surface area contributed by atoms with Crippen molar-refractivity contribution in [2.75, 3.05) is 18.0 Å². The molecule has 1 aromatic heterocycles. The Hall–Kier alpha value is -2.77. The molecule has 1 atom stereocenters. The lowest BCUT2D eigenvalue weighted by Gasteiger charge is -2.19. The van der Waals surface area contributed by atoms with Gasteiger partial charge in [0.25, 0.3) is 5.91 Å². The third kappa shape index (κ3) is 3.84. The fraction of sp³-hybridized carbons (Fsp3) is 0.294. The summed E-state index contributed by atoms with van der Waals surface area (Å²) in [4.78, 5) is 17.2. The highest BCUT2D eigenvalue weighted by Crippen LogP contribution is 2.30. The van der Waals surface area contributed by atoms with Crippen LogP contribution in [0.2, 0.25) is 0 Å². The number of amides is 1. The molecule has 1 fully saturated rings. The Labute approximate surface area is 142 Å². The molecule has 1 aliphatic rings. The molecule has 132 valence electrons. The van der Waals surface area contributed by atoms with E-state index in [9.17, 15) is 18.0 Å². The Morgan fingerprint density at radius 3 is 2.64 bits per heavy atom. The third-order valence-electron chi connectivity index (χ3n) is 3.99. The summed E-state index contributed by atoms with van der Waals surface area (Å²) in [5, 5.41) is 0. The van der Waals surface area contributed by atoms with Crippen LogP contribution in [0.4, 0.5) is 19.0 Å². The number of benzene rings is 1. The van der Waals surface area contributed by atoms with Crippen molar-refractivity contribution in [1.82, 2.24) is 4.98 Å². The fourth-order valence-corrected chi connectivity index (χ4v) is 2.73. The molecular weight excluding hydrogens is 335 g/mol. The average molecular weight is 351 g/mol. The first-order valence-electron chi connectivity index (χ1n) is 7.68. The number of ether oxygens (including phenoxy) is 1. The molecule has 2 N–H and O–H groups in total. The summed E-state index contributed by atoms with van der Waals surface area (Å²) in [7, 11) is 0. The number of nitrogens with two attached hydrogens (primary N) is 1. The Morgan fingerprint density at radius 2 is 2.00 bits per heavy atom. The average Bonchev–Trinajstić information content (AvgIpc) is 3.03. The number of aromatic nitrogens is 1. The van der Waals surface area contributed by atoms with E-state index < -0.39 is 17.6 Å². The SMILES string of the molecule is NC(=O)c1ccccc1O[C@@H]1CCN(c2ccc(C(F)(F)F)cn2)C1. The van der Waals surface area contributed by atoms with Gasteiger partial charge in [0.1, 0.15) is 17.7 Å². The van der Waals surface area contributed by atoms with E-state index in [1.165, 1.54) is 6.07 Å². The first-order valence-corrected chi connectivity index (χ1v) is 7.68. The van der Waals surface area contributed by atoms with Crippen molar-refractivity contribution in [3.05, 3.63) is 53.7 Å². The standard InChI is InChI=1S/C17H16F3N3O2/c18-17(19,20)11-5-6-15(22-9-11)23-8-7-12(10-23)25-14-4-2-1-3-13(14)16(21)24/h1-6,9,12H,7-8,10H2,(H2,21,24)/t12-/m1/s1. The highest BCUT2D eigenvalue weighted by molar-refractivity contribution is 5.95. The van der Waals surface area contributed by atoms with E-state index in [1.54, 1.807) is 24.3 Å². The quantitative estimate of drug-likeness (QED) is 0.920. The number of primary amides is 1. The zero-order chi connectivity index (χ0) is 18.0. The lowest BCUT2D eigenvalue weighted by atomic mass is 10.2. The van der Waals surface area contributed by atoms with Gasteiger partial charge in [-0.2, -0.15) is 13.2 Å². The molecule has 0 saturated carbocycles. The van der Waals surface area contributed by atoms with Crippen LogP contribution in [0.3, 0.4) is 0 Å². The van der Waals surface area contributed by atoms with Crippen LogP contribution < -0.4 is 15.4 Å². The van der Waals surface area contributed by atoms with Gasteiger partial charge in [-0.05, 0) is 24.3 Å². The van der Waals surface area contributed by atoms with Crippen molar-refractivity contribution in [3.8, 4) is 5.75 Å². The first kappa shape index (κ1) is 17.1. The number of hydrogen-bond acceptors (Lipinski definition) is 4. The van der Waals surface area contributed by atoms with Gasteiger partial charge in [0.2, 0.25) is 0 Å². The highest BCUT2D eigenvalue weighted by atomic mass is 19.4. The van der Waals surface area contributed by atoms with Gasteiger partial charge in [-0.25, -0.2) is 4.98 Å². The van der Waals surface area contributed by atoms with Gasteiger partial charge >= 0.3 is 6.18 Å². The van der Waals surface area contributed by atoms with Crippen molar-refractivity contribution < 1.29 is 22.7 Å². The second-order valence-electron chi connectivity index (χ2n) is 5.74. The number of nitrogens with zero attached hydrogens (tertiary/aromatic N) is 2. The van der Waals surface area contributed by atoms with Crippen LogP contribution in [0.25, 0.3) is 0 Å². The maximum absolute atomic E-state index is 12.6. The van der Waals surface area contributed by atoms with Crippen LogP contribution in [0.1, 0.15) is 22.3 Å². The Balaban J connectivity index is 1.67. The number of rotatable bonds is 4. The number of para-hydroxylation sites is 1. The van der Waals surface area contributed by atoms with Crippen LogP contribution in [-0.2, 0) is 6.18 Å². The Morgan fingerprint density at radius 1 is 1.24 bits per heavy atom. The van der Waals surface area contributed by atoms with Gasteiger partial charge in [-0.15, -0.1) is 0 Å². The number of pyridine rings is 1. The first-order chi connectivity index (χ1) is 11.8. The number of carbonyl (C=O) groups excluding carboxylic acids is 1. The lowest BCUT2D eigenvalue weighted by molar-refractivity contribution is -0.137. The summed E-state index contributed by atoms with van der Waals surface area (Å²) in [5.74, 6) is 0.291. The fourth-order valence-electron chi connectivity index (χ4n) is 2.73. The zero-order valence-electron chi connectivity index (χ0n) is 13.2. The summed E-state index contributed by atoms with van der Waals surface area (Å²) in [6.45, 7) is 1.06. The molecule has 1 saturated heterocycles. The van der Waals surface area contributed by atoms with Gasteiger partial charge in [-0.1, -0.05) is 12.1 Å². The summed E-state index contributed by atoms with van der Waals surface area (Å²) in [6.07, 6.45) is -3.12. The van der Waals surface area contributed by atoms with E-state index in [2.05, 4.69) is 4.98 Å². The normalized spacial score (nSPS) is 17.6. The smallest absolute Gasteiger partial charge is 0.417 e. The lowest BCUT2D eigenvalue weighted by Crippen LogP contribution is -2.26. The molecule has 25 heavy (non-hydrogen) atoms. The minimum Gasteiger partial charge on any atom is -0.488 e.